The van der Waals surface area contributed by atoms with Gasteiger partial charge in [0.05, 0.1) is 11.6 Å². The molecule has 0 radical (unpaired) electrons. The van der Waals surface area contributed by atoms with Crippen LogP contribution in [-0.4, -0.2) is 4.99 Å². The standard InChI is InChI=1S/C12H10BrClN2S2/c13-9-3-4-18-11(9)6-16-7-1-2-8(12(15)17)10(14)5-7/h1-5,16H,6H2,(H2,15,17). The minimum absolute atomic E-state index is 0.313. The SMILES string of the molecule is NC(=S)c1ccc(NCc2sccc2Br)cc1Cl. The van der Waals surface area contributed by atoms with E-state index >= 15 is 0 Å². The lowest BCUT2D eigenvalue weighted by atomic mass is 10.2. The van der Waals surface area contributed by atoms with Crippen molar-refractivity contribution in [3.8, 4) is 0 Å². The highest BCUT2D eigenvalue weighted by molar-refractivity contribution is 9.10. The Labute approximate surface area is 128 Å². The Morgan fingerprint density at radius 1 is 1.44 bits per heavy atom. The van der Waals surface area contributed by atoms with E-state index < -0.39 is 0 Å². The Hall–Kier alpha value is -0.620. The molecule has 94 valence electrons. The third-order valence-corrected chi connectivity index (χ3v) is 4.84. The molecule has 2 rings (SSSR count). The van der Waals surface area contributed by atoms with E-state index in [4.69, 9.17) is 29.6 Å². The Kier molecular flexibility index (Phi) is 4.61. The molecule has 0 unspecified atom stereocenters. The average molecular weight is 362 g/mol. The molecule has 0 aliphatic heterocycles. The van der Waals surface area contributed by atoms with E-state index in [0.29, 0.717) is 15.6 Å². The van der Waals surface area contributed by atoms with Gasteiger partial charge in [-0.2, -0.15) is 0 Å². The number of hydrogen-bond acceptors (Lipinski definition) is 3. The summed E-state index contributed by atoms with van der Waals surface area (Å²) in [6, 6.07) is 7.61. The van der Waals surface area contributed by atoms with Crippen molar-refractivity contribution < 1.29 is 0 Å². The predicted molar refractivity (Wildman–Crippen MR) is 86.7 cm³/mol. The molecular formula is C12H10BrClN2S2. The third-order valence-electron chi connectivity index (χ3n) is 2.38. The van der Waals surface area contributed by atoms with Crippen LogP contribution in [0, 0.1) is 0 Å². The second kappa shape index (κ2) is 6.02. The lowest BCUT2D eigenvalue weighted by Gasteiger charge is -2.08. The van der Waals surface area contributed by atoms with E-state index in [1.165, 1.54) is 4.88 Å². The number of nitrogens with two attached hydrogens (primary N) is 1. The van der Waals surface area contributed by atoms with Crippen LogP contribution in [0.15, 0.2) is 34.1 Å². The zero-order valence-electron chi connectivity index (χ0n) is 9.24. The molecule has 0 saturated heterocycles. The molecule has 0 atom stereocenters. The monoisotopic (exact) mass is 360 g/mol. The van der Waals surface area contributed by atoms with E-state index in [2.05, 4.69) is 21.2 Å². The number of thiophene rings is 1. The third kappa shape index (κ3) is 3.23. The molecule has 18 heavy (non-hydrogen) atoms. The fourth-order valence-corrected chi connectivity index (χ4v) is 3.41. The number of nitrogens with one attached hydrogen (secondary N) is 1. The van der Waals surface area contributed by atoms with Gasteiger partial charge >= 0.3 is 0 Å². The zero-order valence-corrected chi connectivity index (χ0v) is 13.2. The molecule has 2 aromatic rings. The Bertz CT molecular complexity index is 583. The van der Waals surface area contributed by atoms with Gasteiger partial charge < -0.3 is 11.1 Å². The molecule has 0 saturated carbocycles. The Balaban J connectivity index is 2.09. The van der Waals surface area contributed by atoms with Crippen molar-refractivity contribution in [3.05, 3.63) is 49.6 Å². The first kappa shape index (κ1) is 13.8. The smallest absolute Gasteiger partial charge is 0.105 e. The molecule has 1 aromatic heterocycles. The molecule has 6 heteroatoms. The van der Waals surface area contributed by atoms with Crippen molar-refractivity contribution in [2.24, 2.45) is 5.73 Å². The normalized spacial score (nSPS) is 10.3. The number of hydrogen-bond donors (Lipinski definition) is 2. The van der Waals surface area contributed by atoms with E-state index in [1.807, 2.05) is 29.6 Å². The van der Waals surface area contributed by atoms with Crippen LogP contribution in [0.25, 0.3) is 0 Å². The van der Waals surface area contributed by atoms with Gasteiger partial charge in [0.15, 0.2) is 0 Å². The Morgan fingerprint density at radius 2 is 2.22 bits per heavy atom. The maximum absolute atomic E-state index is 6.10. The zero-order chi connectivity index (χ0) is 13.1. The van der Waals surface area contributed by atoms with Crippen LogP contribution < -0.4 is 11.1 Å². The summed E-state index contributed by atoms with van der Waals surface area (Å²) in [5.41, 5.74) is 7.21. The van der Waals surface area contributed by atoms with Crippen molar-refractivity contribution in [2.75, 3.05) is 5.32 Å². The molecule has 0 spiro atoms. The van der Waals surface area contributed by atoms with Crippen LogP contribution in [0.3, 0.4) is 0 Å². The number of anilines is 1. The fourth-order valence-electron chi connectivity index (χ4n) is 1.46. The van der Waals surface area contributed by atoms with Gasteiger partial charge in [-0.15, -0.1) is 11.3 Å². The first-order chi connectivity index (χ1) is 8.58. The van der Waals surface area contributed by atoms with Crippen LogP contribution in [-0.2, 0) is 6.54 Å². The van der Waals surface area contributed by atoms with Crippen molar-refractivity contribution in [1.29, 1.82) is 0 Å². The first-order valence-electron chi connectivity index (χ1n) is 5.13. The van der Waals surface area contributed by atoms with Crippen molar-refractivity contribution in [3.63, 3.8) is 0 Å². The molecule has 0 aliphatic rings. The number of thiocarbonyl (C=S) groups is 1. The molecule has 1 heterocycles. The van der Waals surface area contributed by atoms with Gasteiger partial charge in [-0.1, -0.05) is 23.8 Å². The second-order valence-corrected chi connectivity index (χ2v) is 6.31. The predicted octanol–water partition coefficient (Wildman–Crippen LogP) is 4.41. The van der Waals surface area contributed by atoms with Crippen molar-refractivity contribution in [2.45, 2.75) is 6.54 Å². The van der Waals surface area contributed by atoms with E-state index in [-0.39, 0.29) is 0 Å². The highest BCUT2D eigenvalue weighted by atomic mass is 79.9. The molecule has 0 fully saturated rings. The van der Waals surface area contributed by atoms with E-state index in [9.17, 15) is 0 Å². The summed E-state index contributed by atoms with van der Waals surface area (Å²) in [7, 11) is 0. The van der Waals surface area contributed by atoms with Crippen LogP contribution in [0.1, 0.15) is 10.4 Å². The van der Waals surface area contributed by atoms with E-state index in [1.54, 1.807) is 11.3 Å². The summed E-state index contributed by atoms with van der Waals surface area (Å²) >= 11 is 16.2. The average Bonchev–Trinajstić information content (AvgIpc) is 2.72. The largest absolute Gasteiger partial charge is 0.389 e. The van der Waals surface area contributed by atoms with Gasteiger partial charge in [-0.05, 0) is 45.6 Å². The summed E-state index contributed by atoms with van der Waals surface area (Å²) in [6.07, 6.45) is 0. The quantitative estimate of drug-likeness (QED) is 0.792. The van der Waals surface area contributed by atoms with Gasteiger partial charge in [0.2, 0.25) is 0 Å². The molecule has 3 N–H and O–H groups in total. The summed E-state index contributed by atoms with van der Waals surface area (Å²) in [4.78, 5) is 1.55. The highest BCUT2D eigenvalue weighted by Gasteiger charge is 2.05. The number of benzene rings is 1. The molecule has 0 amide bonds. The van der Waals surface area contributed by atoms with Gasteiger partial charge in [-0.3, -0.25) is 0 Å². The molecule has 2 nitrogen and oxygen atoms in total. The van der Waals surface area contributed by atoms with Gasteiger partial charge in [0.25, 0.3) is 0 Å². The highest BCUT2D eigenvalue weighted by Crippen LogP contribution is 2.25. The van der Waals surface area contributed by atoms with E-state index in [0.717, 1.165) is 16.7 Å². The van der Waals surface area contributed by atoms with Crippen LogP contribution in [0.4, 0.5) is 5.69 Å². The number of rotatable bonds is 4. The van der Waals surface area contributed by atoms with Gasteiger partial charge in [0, 0.05) is 20.6 Å². The van der Waals surface area contributed by atoms with Gasteiger partial charge in [-0.25, -0.2) is 0 Å². The lowest BCUT2D eigenvalue weighted by molar-refractivity contribution is 1.18. The molecule has 1 aromatic carbocycles. The Morgan fingerprint density at radius 3 is 2.78 bits per heavy atom. The summed E-state index contributed by atoms with van der Waals surface area (Å²) in [5, 5.41) is 5.92. The van der Waals surface area contributed by atoms with Crippen molar-refractivity contribution >= 4 is 61.8 Å². The summed E-state index contributed by atoms with van der Waals surface area (Å²) in [6.45, 7) is 0.751. The fraction of sp³-hybridized carbons (Fsp3) is 0.0833. The minimum Gasteiger partial charge on any atom is -0.389 e. The maximum atomic E-state index is 6.10. The topological polar surface area (TPSA) is 38.0 Å². The molecule has 0 aliphatic carbocycles. The van der Waals surface area contributed by atoms with Crippen LogP contribution >= 0.6 is 51.1 Å². The van der Waals surface area contributed by atoms with Crippen LogP contribution in [0.5, 0.6) is 0 Å². The first-order valence-corrected chi connectivity index (χ1v) is 7.59. The summed E-state index contributed by atoms with van der Waals surface area (Å²) < 4.78 is 1.12. The number of halogens is 2. The van der Waals surface area contributed by atoms with Crippen LogP contribution in [0.2, 0.25) is 5.02 Å². The molecule has 0 bridgehead atoms. The second-order valence-electron chi connectivity index (χ2n) is 3.60. The lowest BCUT2D eigenvalue weighted by Crippen LogP contribution is -2.10. The minimum atomic E-state index is 0.313. The molecular weight excluding hydrogens is 352 g/mol. The maximum Gasteiger partial charge on any atom is 0.105 e. The van der Waals surface area contributed by atoms with Gasteiger partial charge in [0.1, 0.15) is 4.99 Å². The summed E-state index contributed by atoms with van der Waals surface area (Å²) in [5.74, 6) is 0. The van der Waals surface area contributed by atoms with Crippen molar-refractivity contribution in [1.82, 2.24) is 0 Å².